The molecule has 3 nitrogen and oxygen atoms in total. The summed E-state index contributed by atoms with van der Waals surface area (Å²) in [7, 11) is 0. The second-order valence-corrected chi connectivity index (χ2v) is 5.87. The quantitative estimate of drug-likeness (QED) is 0.867. The first-order chi connectivity index (χ1) is 10.6. The van der Waals surface area contributed by atoms with E-state index >= 15 is 0 Å². The van der Waals surface area contributed by atoms with Gasteiger partial charge in [0.15, 0.2) is 6.10 Å². The molecule has 2 aromatic rings. The van der Waals surface area contributed by atoms with Crippen molar-refractivity contribution in [2.45, 2.75) is 23.2 Å². The standard InChI is InChI=1S/C16H13F2NO2S/c17-16(18)22-12-7-5-11(6-8-12)19-15(20)14-9-10-3-1-2-4-13(10)21-14/h1-8,14,16H,9H2,(H,19,20)/t14-/m1/s1. The molecule has 1 N–H and O–H groups in total. The Morgan fingerprint density at radius 2 is 1.91 bits per heavy atom. The second-order valence-electron chi connectivity index (χ2n) is 4.81. The van der Waals surface area contributed by atoms with E-state index in [4.69, 9.17) is 4.74 Å². The number of alkyl halides is 2. The normalized spacial score (nSPS) is 16.2. The zero-order valence-electron chi connectivity index (χ0n) is 11.5. The number of para-hydroxylation sites is 1. The second kappa shape index (κ2) is 6.36. The van der Waals surface area contributed by atoms with Gasteiger partial charge in [0.2, 0.25) is 0 Å². The van der Waals surface area contributed by atoms with Crippen LogP contribution in [0.3, 0.4) is 0 Å². The number of rotatable bonds is 4. The molecule has 0 aliphatic carbocycles. The molecule has 1 amide bonds. The largest absolute Gasteiger partial charge is 0.480 e. The van der Waals surface area contributed by atoms with E-state index in [9.17, 15) is 13.6 Å². The fourth-order valence-corrected chi connectivity index (χ4v) is 2.77. The molecule has 1 atom stereocenters. The van der Waals surface area contributed by atoms with E-state index in [1.54, 1.807) is 24.3 Å². The Labute approximate surface area is 130 Å². The predicted octanol–water partition coefficient (Wildman–Crippen LogP) is 3.94. The highest BCUT2D eigenvalue weighted by Crippen LogP contribution is 2.29. The van der Waals surface area contributed by atoms with Gasteiger partial charge in [0.25, 0.3) is 11.7 Å². The van der Waals surface area contributed by atoms with Crippen LogP contribution in [0, 0.1) is 0 Å². The number of anilines is 1. The highest BCUT2D eigenvalue weighted by atomic mass is 32.2. The summed E-state index contributed by atoms with van der Waals surface area (Å²) in [6.45, 7) is 0. The molecule has 0 aromatic heterocycles. The number of fused-ring (bicyclic) bond motifs is 1. The van der Waals surface area contributed by atoms with Gasteiger partial charge in [-0.2, -0.15) is 8.78 Å². The number of nitrogens with one attached hydrogen (secondary N) is 1. The molecule has 1 heterocycles. The van der Waals surface area contributed by atoms with Gasteiger partial charge in [-0.3, -0.25) is 4.79 Å². The Morgan fingerprint density at radius 3 is 2.59 bits per heavy atom. The summed E-state index contributed by atoms with van der Waals surface area (Å²) >= 11 is 0.472. The summed E-state index contributed by atoms with van der Waals surface area (Å²) < 4.78 is 30.1. The van der Waals surface area contributed by atoms with Crippen molar-refractivity contribution in [3.63, 3.8) is 0 Å². The molecule has 0 bridgehead atoms. The van der Waals surface area contributed by atoms with Gasteiger partial charge in [0, 0.05) is 17.0 Å². The maximum absolute atomic E-state index is 12.2. The predicted molar refractivity (Wildman–Crippen MR) is 81.5 cm³/mol. The Morgan fingerprint density at radius 1 is 1.18 bits per heavy atom. The van der Waals surface area contributed by atoms with Gasteiger partial charge in [-0.15, -0.1) is 0 Å². The molecule has 0 unspecified atom stereocenters. The molecule has 2 aromatic carbocycles. The lowest BCUT2D eigenvalue weighted by Crippen LogP contribution is -2.31. The van der Waals surface area contributed by atoms with E-state index in [-0.39, 0.29) is 5.91 Å². The summed E-state index contributed by atoms with van der Waals surface area (Å²) in [6.07, 6.45) is -0.0334. The molecule has 114 valence electrons. The zero-order valence-corrected chi connectivity index (χ0v) is 12.3. The van der Waals surface area contributed by atoms with Gasteiger partial charge < -0.3 is 10.1 Å². The van der Waals surface area contributed by atoms with Gasteiger partial charge in [-0.05, 0) is 35.9 Å². The molecule has 3 rings (SSSR count). The van der Waals surface area contributed by atoms with Crippen LogP contribution >= 0.6 is 11.8 Å². The van der Waals surface area contributed by atoms with E-state index in [1.165, 1.54) is 0 Å². The summed E-state index contributed by atoms with van der Waals surface area (Å²) in [4.78, 5) is 12.6. The van der Waals surface area contributed by atoms with Gasteiger partial charge in [-0.1, -0.05) is 30.0 Å². The Hall–Kier alpha value is -2.08. The number of carbonyl (C=O) groups is 1. The van der Waals surface area contributed by atoms with E-state index in [1.807, 2.05) is 24.3 Å². The fraction of sp³-hybridized carbons (Fsp3) is 0.188. The lowest BCUT2D eigenvalue weighted by atomic mass is 10.1. The van der Waals surface area contributed by atoms with Crippen molar-refractivity contribution >= 4 is 23.4 Å². The third-order valence-electron chi connectivity index (χ3n) is 3.29. The van der Waals surface area contributed by atoms with Crippen LogP contribution in [0.2, 0.25) is 0 Å². The molecule has 6 heteroatoms. The summed E-state index contributed by atoms with van der Waals surface area (Å²) in [5.74, 6) is -1.97. The van der Waals surface area contributed by atoms with Crippen LogP contribution in [0.5, 0.6) is 5.75 Å². The Bertz CT molecular complexity index is 651. The molecule has 22 heavy (non-hydrogen) atoms. The first kappa shape index (κ1) is 14.8. The van der Waals surface area contributed by atoms with Crippen LogP contribution in [0.15, 0.2) is 53.4 Å². The van der Waals surface area contributed by atoms with Crippen molar-refractivity contribution in [3.8, 4) is 5.75 Å². The van der Waals surface area contributed by atoms with Gasteiger partial charge in [-0.25, -0.2) is 0 Å². The minimum absolute atomic E-state index is 0.245. The minimum Gasteiger partial charge on any atom is -0.480 e. The number of hydrogen-bond acceptors (Lipinski definition) is 3. The van der Waals surface area contributed by atoms with E-state index < -0.39 is 11.9 Å². The first-order valence-electron chi connectivity index (χ1n) is 6.72. The number of thioether (sulfide) groups is 1. The van der Waals surface area contributed by atoms with Crippen LogP contribution < -0.4 is 10.1 Å². The number of ether oxygens (including phenoxy) is 1. The van der Waals surface area contributed by atoms with Crippen LogP contribution in [-0.2, 0) is 11.2 Å². The lowest BCUT2D eigenvalue weighted by molar-refractivity contribution is -0.122. The van der Waals surface area contributed by atoms with Crippen molar-refractivity contribution in [2.24, 2.45) is 0 Å². The molecular formula is C16H13F2NO2S. The topological polar surface area (TPSA) is 38.3 Å². The van der Waals surface area contributed by atoms with Crippen molar-refractivity contribution in [3.05, 3.63) is 54.1 Å². The van der Waals surface area contributed by atoms with Crippen LogP contribution in [-0.4, -0.2) is 17.8 Å². The summed E-state index contributed by atoms with van der Waals surface area (Å²) in [5.41, 5.74) is 1.56. The van der Waals surface area contributed by atoms with E-state index in [2.05, 4.69) is 5.32 Å². The smallest absolute Gasteiger partial charge is 0.288 e. The molecule has 1 aliphatic rings. The fourth-order valence-electron chi connectivity index (χ4n) is 2.27. The molecule has 1 aliphatic heterocycles. The average Bonchev–Trinajstić information content (AvgIpc) is 2.93. The highest BCUT2D eigenvalue weighted by Gasteiger charge is 2.28. The average molecular weight is 321 g/mol. The maximum atomic E-state index is 12.2. The maximum Gasteiger partial charge on any atom is 0.288 e. The molecule has 0 saturated heterocycles. The first-order valence-corrected chi connectivity index (χ1v) is 7.60. The van der Waals surface area contributed by atoms with E-state index in [0.717, 1.165) is 11.3 Å². The molecule has 0 spiro atoms. The monoisotopic (exact) mass is 321 g/mol. The van der Waals surface area contributed by atoms with Crippen molar-refractivity contribution < 1.29 is 18.3 Å². The molecule has 0 saturated carbocycles. The van der Waals surface area contributed by atoms with Crippen molar-refractivity contribution in [2.75, 3.05) is 5.32 Å². The molecule has 0 radical (unpaired) electrons. The van der Waals surface area contributed by atoms with Gasteiger partial charge in [0.05, 0.1) is 0 Å². The van der Waals surface area contributed by atoms with Crippen LogP contribution in [0.1, 0.15) is 5.56 Å². The van der Waals surface area contributed by atoms with Gasteiger partial charge in [0.1, 0.15) is 5.75 Å². The third kappa shape index (κ3) is 3.39. The highest BCUT2D eigenvalue weighted by molar-refractivity contribution is 7.99. The summed E-state index contributed by atoms with van der Waals surface area (Å²) in [5, 5.41) is 2.74. The van der Waals surface area contributed by atoms with Crippen molar-refractivity contribution in [1.29, 1.82) is 0 Å². The number of carbonyl (C=O) groups excluding carboxylic acids is 1. The number of benzene rings is 2. The minimum atomic E-state index is -2.45. The zero-order chi connectivity index (χ0) is 15.5. The Kier molecular flexibility index (Phi) is 4.29. The number of halogens is 2. The van der Waals surface area contributed by atoms with Gasteiger partial charge >= 0.3 is 0 Å². The third-order valence-corrected chi connectivity index (χ3v) is 4.01. The Balaban J connectivity index is 1.61. The SMILES string of the molecule is O=C(Nc1ccc(SC(F)F)cc1)[C@H]1Cc2ccccc2O1. The molecular weight excluding hydrogens is 308 g/mol. The number of amides is 1. The van der Waals surface area contributed by atoms with Crippen LogP contribution in [0.4, 0.5) is 14.5 Å². The van der Waals surface area contributed by atoms with Crippen molar-refractivity contribution in [1.82, 2.24) is 0 Å². The summed E-state index contributed by atoms with van der Waals surface area (Å²) in [6, 6.07) is 13.8. The van der Waals surface area contributed by atoms with E-state index in [0.29, 0.717) is 28.8 Å². The lowest BCUT2D eigenvalue weighted by Gasteiger charge is -2.11. The molecule has 0 fully saturated rings. The number of hydrogen-bond donors (Lipinski definition) is 1. The van der Waals surface area contributed by atoms with Crippen LogP contribution in [0.25, 0.3) is 0 Å².